The summed E-state index contributed by atoms with van der Waals surface area (Å²) in [7, 11) is -2.92. The molecule has 12 heteroatoms. The molecule has 3 aromatic carbocycles. The standard InChI is InChI=1S/C30H31FN4O6S/c1-41-29(37)21-9-13-23(14-10-21)32-30(38)34-17-18-35(42(39,40)24-15-11-22(31)12-16-24)27(19-34)28(36)33-26-8-4-6-20-5-2-3-7-25(20)26/h2-3,5,7,9-16,26-27H,4,6,8,17-19H2,1H3,(H,32,38)(H,33,36). The van der Waals surface area contributed by atoms with E-state index in [4.69, 9.17) is 4.74 Å². The van der Waals surface area contributed by atoms with E-state index in [-0.39, 0.29) is 30.6 Å². The normalized spacial score (nSPS) is 19.0. The Balaban J connectivity index is 1.38. The van der Waals surface area contributed by atoms with Crippen molar-refractivity contribution in [3.63, 3.8) is 0 Å². The Morgan fingerprint density at radius 3 is 2.38 bits per heavy atom. The van der Waals surface area contributed by atoms with Crippen LogP contribution in [0, 0.1) is 5.82 Å². The molecule has 0 radical (unpaired) electrons. The van der Waals surface area contributed by atoms with Crippen molar-refractivity contribution in [1.29, 1.82) is 0 Å². The molecule has 3 aromatic rings. The predicted octanol–water partition coefficient (Wildman–Crippen LogP) is 3.71. The molecule has 1 aliphatic carbocycles. The summed E-state index contributed by atoms with van der Waals surface area (Å²) in [6.45, 7) is -0.330. The molecule has 2 aliphatic rings. The molecule has 2 unspecified atom stereocenters. The number of benzene rings is 3. The second kappa shape index (κ2) is 12.3. The lowest BCUT2D eigenvalue weighted by Crippen LogP contribution is -2.62. The number of ether oxygens (including phenoxy) is 1. The Kier molecular flexibility index (Phi) is 8.55. The summed E-state index contributed by atoms with van der Waals surface area (Å²) in [5.41, 5.74) is 2.85. The molecular weight excluding hydrogens is 563 g/mol. The largest absolute Gasteiger partial charge is 0.465 e. The highest BCUT2D eigenvalue weighted by Gasteiger charge is 2.42. The average Bonchev–Trinajstić information content (AvgIpc) is 3.01. The number of sulfonamides is 1. The van der Waals surface area contributed by atoms with Crippen LogP contribution in [0.1, 0.15) is 40.4 Å². The number of amides is 3. The molecule has 42 heavy (non-hydrogen) atoms. The van der Waals surface area contributed by atoms with Gasteiger partial charge in [-0.3, -0.25) is 4.79 Å². The van der Waals surface area contributed by atoms with Gasteiger partial charge < -0.3 is 20.3 Å². The van der Waals surface area contributed by atoms with Crippen molar-refractivity contribution in [1.82, 2.24) is 14.5 Å². The van der Waals surface area contributed by atoms with Crippen LogP contribution in [0.4, 0.5) is 14.9 Å². The first-order chi connectivity index (χ1) is 20.2. The van der Waals surface area contributed by atoms with Crippen LogP contribution in [0.25, 0.3) is 0 Å². The van der Waals surface area contributed by atoms with E-state index in [9.17, 15) is 27.2 Å². The third kappa shape index (κ3) is 6.14. The Morgan fingerprint density at radius 1 is 0.952 bits per heavy atom. The smallest absolute Gasteiger partial charge is 0.337 e. The second-order valence-corrected chi connectivity index (χ2v) is 12.1. The molecule has 0 spiro atoms. The van der Waals surface area contributed by atoms with Crippen LogP contribution in [-0.2, 0) is 26.0 Å². The maximum absolute atomic E-state index is 13.8. The molecule has 10 nitrogen and oxygen atoms in total. The number of nitrogens with zero attached hydrogens (tertiary/aromatic N) is 2. The van der Waals surface area contributed by atoms with Gasteiger partial charge in [-0.15, -0.1) is 0 Å². The van der Waals surface area contributed by atoms with Crippen LogP contribution in [0.5, 0.6) is 0 Å². The molecule has 5 rings (SSSR count). The molecule has 0 saturated carbocycles. The Hall–Kier alpha value is -4.29. The summed E-state index contributed by atoms with van der Waals surface area (Å²) in [5.74, 6) is -1.62. The van der Waals surface area contributed by atoms with Gasteiger partial charge in [-0.05, 0) is 78.9 Å². The quantitative estimate of drug-likeness (QED) is 0.420. The zero-order valence-electron chi connectivity index (χ0n) is 23.0. The maximum atomic E-state index is 13.8. The molecule has 1 fully saturated rings. The molecule has 1 heterocycles. The number of carbonyl (C=O) groups is 3. The van der Waals surface area contributed by atoms with Gasteiger partial charge in [-0.1, -0.05) is 24.3 Å². The van der Waals surface area contributed by atoms with E-state index in [0.29, 0.717) is 17.7 Å². The van der Waals surface area contributed by atoms with Crippen LogP contribution < -0.4 is 10.6 Å². The van der Waals surface area contributed by atoms with Crippen molar-refractivity contribution in [2.45, 2.75) is 36.2 Å². The fraction of sp³-hybridized carbons (Fsp3) is 0.300. The van der Waals surface area contributed by atoms with Crippen LogP contribution in [-0.4, -0.2) is 68.3 Å². The molecule has 2 N–H and O–H groups in total. The number of halogens is 1. The second-order valence-electron chi connectivity index (χ2n) is 10.2. The fourth-order valence-corrected chi connectivity index (χ4v) is 6.95. The van der Waals surface area contributed by atoms with Gasteiger partial charge in [0.25, 0.3) is 0 Å². The van der Waals surface area contributed by atoms with E-state index in [0.717, 1.165) is 52.5 Å². The topological polar surface area (TPSA) is 125 Å². The van der Waals surface area contributed by atoms with Crippen molar-refractivity contribution in [2.24, 2.45) is 0 Å². The third-order valence-corrected chi connectivity index (χ3v) is 9.51. The number of anilines is 1. The number of piperazine rings is 1. The monoisotopic (exact) mass is 594 g/mol. The zero-order valence-corrected chi connectivity index (χ0v) is 23.8. The highest BCUT2D eigenvalue weighted by molar-refractivity contribution is 7.89. The van der Waals surface area contributed by atoms with E-state index in [1.807, 2.05) is 24.3 Å². The van der Waals surface area contributed by atoms with E-state index in [1.54, 1.807) is 12.1 Å². The van der Waals surface area contributed by atoms with Crippen LogP contribution in [0.3, 0.4) is 0 Å². The number of fused-ring (bicyclic) bond motifs is 1. The number of nitrogens with one attached hydrogen (secondary N) is 2. The van der Waals surface area contributed by atoms with Gasteiger partial charge in [0.15, 0.2) is 0 Å². The number of aryl methyl sites for hydroxylation is 1. The van der Waals surface area contributed by atoms with Gasteiger partial charge in [-0.25, -0.2) is 22.4 Å². The highest BCUT2D eigenvalue weighted by atomic mass is 32.2. The van der Waals surface area contributed by atoms with Crippen LogP contribution >= 0.6 is 0 Å². The number of esters is 1. The van der Waals surface area contributed by atoms with E-state index >= 15 is 0 Å². The highest BCUT2D eigenvalue weighted by Crippen LogP contribution is 2.30. The summed E-state index contributed by atoms with van der Waals surface area (Å²) in [5, 5.41) is 5.77. The minimum Gasteiger partial charge on any atom is -0.465 e. The number of urea groups is 1. The van der Waals surface area contributed by atoms with Gasteiger partial charge in [0, 0.05) is 25.3 Å². The molecule has 2 atom stereocenters. The maximum Gasteiger partial charge on any atom is 0.337 e. The number of hydrogen-bond donors (Lipinski definition) is 2. The first kappa shape index (κ1) is 29.2. The van der Waals surface area contributed by atoms with Crippen molar-refractivity contribution in [3.8, 4) is 0 Å². The number of carbonyl (C=O) groups excluding carboxylic acids is 3. The summed E-state index contributed by atoms with van der Waals surface area (Å²) in [6.07, 6.45) is 2.46. The molecule has 0 aromatic heterocycles. The van der Waals surface area contributed by atoms with Crippen molar-refractivity contribution >= 4 is 33.6 Å². The Labute approximate surface area is 243 Å². The average molecular weight is 595 g/mol. The molecule has 0 bridgehead atoms. The minimum atomic E-state index is -4.19. The third-order valence-electron chi connectivity index (χ3n) is 7.58. The number of methoxy groups -OCH3 is 1. The molecule has 1 aliphatic heterocycles. The summed E-state index contributed by atoms with van der Waals surface area (Å²) in [4.78, 5) is 39.9. The van der Waals surface area contributed by atoms with Gasteiger partial charge in [0.05, 0.1) is 23.6 Å². The Bertz CT molecular complexity index is 1580. The van der Waals surface area contributed by atoms with Gasteiger partial charge in [-0.2, -0.15) is 4.31 Å². The summed E-state index contributed by atoms with van der Waals surface area (Å²) >= 11 is 0. The van der Waals surface area contributed by atoms with E-state index in [1.165, 1.54) is 24.1 Å². The van der Waals surface area contributed by atoms with Crippen molar-refractivity contribution < 1.29 is 31.9 Å². The molecular formula is C30H31FN4O6S. The van der Waals surface area contributed by atoms with Crippen LogP contribution in [0.2, 0.25) is 0 Å². The summed E-state index contributed by atoms with van der Waals surface area (Å²) < 4.78 is 46.6. The molecule has 220 valence electrons. The van der Waals surface area contributed by atoms with Gasteiger partial charge in [0.2, 0.25) is 15.9 Å². The van der Waals surface area contributed by atoms with E-state index < -0.39 is 39.8 Å². The minimum absolute atomic E-state index is 0.0164. The first-order valence-electron chi connectivity index (χ1n) is 13.6. The number of rotatable bonds is 6. The van der Waals surface area contributed by atoms with Crippen LogP contribution in [0.15, 0.2) is 77.7 Å². The predicted molar refractivity (Wildman–Crippen MR) is 153 cm³/mol. The van der Waals surface area contributed by atoms with Crippen molar-refractivity contribution in [3.05, 3.63) is 95.3 Å². The van der Waals surface area contributed by atoms with Gasteiger partial charge in [0.1, 0.15) is 11.9 Å². The SMILES string of the molecule is COC(=O)c1ccc(NC(=O)N2CCN(S(=O)(=O)c3ccc(F)cc3)C(C(=O)NC3CCCc4ccccc43)C2)cc1. The molecule has 1 saturated heterocycles. The van der Waals surface area contributed by atoms with Crippen molar-refractivity contribution in [2.75, 3.05) is 32.1 Å². The lowest BCUT2D eigenvalue weighted by molar-refractivity contribution is -0.127. The fourth-order valence-electron chi connectivity index (χ4n) is 5.38. The summed E-state index contributed by atoms with van der Waals surface area (Å²) in [6, 6.07) is 16.3. The first-order valence-corrected chi connectivity index (χ1v) is 15.0. The van der Waals surface area contributed by atoms with E-state index in [2.05, 4.69) is 10.6 Å². The lowest BCUT2D eigenvalue weighted by atomic mass is 9.87. The Morgan fingerprint density at radius 2 is 1.67 bits per heavy atom. The van der Waals surface area contributed by atoms with Gasteiger partial charge >= 0.3 is 12.0 Å². The lowest BCUT2D eigenvalue weighted by Gasteiger charge is -2.40. The zero-order chi connectivity index (χ0) is 29.9. The number of hydrogen-bond acceptors (Lipinski definition) is 6. The molecule has 3 amide bonds.